The van der Waals surface area contributed by atoms with Gasteiger partial charge in [0.25, 0.3) is 0 Å². The van der Waals surface area contributed by atoms with E-state index in [9.17, 15) is 0 Å². The number of thioether (sulfide) groups is 1. The molecule has 20 heavy (non-hydrogen) atoms. The Balaban J connectivity index is 2.57. The Kier molecular flexibility index (Phi) is 5.11. The Morgan fingerprint density at radius 2 is 1.85 bits per heavy atom. The number of hydrogen-bond donors (Lipinski definition) is 1. The van der Waals surface area contributed by atoms with Crippen LogP contribution in [0.1, 0.15) is 26.7 Å². The van der Waals surface area contributed by atoms with E-state index in [1.54, 1.807) is 0 Å². The monoisotopic (exact) mass is 348 g/mol. The van der Waals surface area contributed by atoms with Crippen LogP contribution < -0.4 is 0 Å². The van der Waals surface area contributed by atoms with Crippen LogP contribution in [0.15, 0.2) is 12.1 Å². The maximum atomic E-state index is 6.14. The molecular formula is C14H18Cl2N2S2. The molecule has 1 N–H and O–H groups in total. The number of hydrogen-bond acceptors (Lipinski definition) is 2. The van der Waals surface area contributed by atoms with Gasteiger partial charge >= 0.3 is 0 Å². The molecule has 0 unspecified atom stereocenters. The van der Waals surface area contributed by atoms with Crippen LogP contribution in [0.25, 0.3) is 11.0 Å². The zero-order valence-electron chi connectivity index (χ0n) is 11.8. The number of rotatable bonds is 5. The molecule has 2 nitrogen and oxygen atoms in total. The van der Waals surface area contributed by atoms with Gasteiger partial charge in [0, 0.05) is 11.3 Å². The molecule has 0 fully saturated rings. The summed E-state index contributed by atoms with van der Waals surface area (Å²) in [5.41, 5.74) is 1.95. The molecule has 0 aliphatic carbocycles. The highest BCUT2D eigenvalue weighted by Crippen LogP contribution is 2.34. The Labute approximate surface area is 138 Å². The third-order valence-corrected chi connectivity index (χ3v) is 6.60. The normalized spacial score (nSPS) is 12.2. The third-order valence-electron chi connectivity index (χ3n) is 3.98. The van der Waals surface area contributed by atoms with E-state index in [4.69, 9.17) is 35.4 Å². The molecule has 2 rings (SSSR count). The van der Waals surface area contributed by atoms with E-state index in [0.717, 1.165) is 35.2 Å². The highest BCUT2D eigenvalue weighted by Gasteiger charge is 2.26. The minimum absolute atomic E-state index is 0.194. The van der Waals surface area contributed by atoms with Crippen molar-refractivity contribution in [1.82, 2.24) is 9.55 Å². The second-order valence-corrected chi connectivity index (χ2v) is 7.37. The van der Waals surface area contributed by atoms with Gasteiger partial charge in [-0.2, -0.15) is 11.8 Å². The number of benzene rings is 1. The standard InChI is InChI=1S/C14H18Cl2N2S2/c1-4-14(5-2,20-3)8-18-12-7-10(16)9(15)6-11(12)17-13(18)19/h6-7H,4-5,8H2,1-3H3,(H,17,19). The van der Waals surface area contributed by atoms with Gasteiger partial charge in [0.2, 0.25) is 0 Å². The van der Waals surface area contributed by atoms with E-state index >= 15 is 0 Å². The van der Waals surface area contributed by atoms with E-state index in [1.807, 2.05) is 23.9 Å². The molecule has 0 saturated carbocycles. The average molecular weight is 349 g/mol. The molecule has 1 aromatic carbocycles. The van der Waals surface area contributed by atoms with Crippen molar-refractivity contribution in [2.24, 2.45) is 0 Å². The first-order valence-corrected chi connectivity index (χ1v) is 8.98. The zero-order valence-corrected chi connectivity index (χ0v) is 14.9. The Morgan fingerprint density at radius 1 is 1.25 bits per heavy atom. The molecule has 0 bridgehead atoms. The molecule has 0 spiro atoms. The second kappa shape index (κ2) is 6.30. The lowest BCUT2D eigenvalue weighted by Crippen LogP contribution is -2.29. The lowest BCUT2D eigenvalue weighted by Gasteiger charge is -2.30. The Bertz CT molecular complexity index is 663. The van der Waals surface area contributed by atoms with Crippen molar-refractivity contribution in [2.45, 2.75) is 38.0 Å². The summed E-state index contributed by atoms with van der Waals surface area (Å²) in [7, 11) is 0. The van der Waals surface area contributed by atoms with Gasteiger partial charge in [-0.05, 0) is 43.4 Å². The van der Waals surface area contributed by atoms with Gasteiger partial charge in [0.1, 0.15) is 0 Å². The van der Waals surface area contributed by atoms with Crippen molar-refractivity contribution < 1.29 is 0 Å². The highest BCUT2D eigenvalue weighted by atomic mass is 35.5. The van der Waals surface area contributed by atoms with Crippen molar-refractivity contribution in [1.29, 1.82) is 0 Å². The maximum Gasteiger partial charge on any atom is 0.178 e. The molecule has 0 aliphatic heterocycles. The number of halogens is 2. The number of imidazole rings is 1. The molecule has 0 atom stereocenters. The summed E-state index contributed by atoms with van der Waals surface area (Å²) in [5, 5.41) is 1.11. The van der Waals surface area contributed by atoms with Crippen molar-refractivity contribution in [3.63, 3.8) is 0 Å². The van der Waals surface area contributed by atoms with Gasteiger partial charge in [0.15, 0.2) is 4.77 Å². The average Bonchev–Trinajstić information content (AvgIpc) is 2.72. The second-order valence-electron chi connectivity index (χ2n) is 4.89. The molecular weight excluding hydrogens is 331 g/mol. The van der Waals surface area contributed by atoms with Gasteiger partial charge < -0.3 is 9.55 Å². The smallest absolute Gasteiger partial charge is 0.178 e. The minimum atomic E-state index is 0.194. The lowest BCUT2D eigenvalue weighted by molar-refractivity contribution is 0.470. The zero-order chi connectivity index (χ0) is 14.9. The first-order chi connectivity index (χ1) is 9.46. The van der Waals surface area contributed by atoms with Gasteiger partial charge in [0.05, 0.1) is 21.1 Å². The molecule has 2 aromatic rings. The van der Waals surface area contributed by atoms with Crippen molar-refractivity contribution >= 4 is 58.2 Å². The number of nitrogens with one attached hydrogen (secondary N) is 1. The molecule has 6 heteroatoms. The van der Waals surface area contributed by atoms with E-state index in [2.05, 4.69) is 29.7 Å². The van der Waals surface area contributed by atoms with Gasteiger partial charge in [-0.25, -0.2) is 0 Å². The predicted octanol–water partition coefficient (Wildman–Crippen LogP) is 5.93. The third kappa shape index (κ3) is 2.89. The first-order valence-electron chi connectivity index (χ1n) is 6.59. The van der Waals surface area contributed by atoms with Crippen molar-refractivity contribution in [3.8, 4) is 0 Å². The summed E-state index contributed by atoms with van der Waals surface area (Å²) in [6.07, 6.45) is 4.36. The number of fused-ring (bicyclic) bond motifs is 1. The van der Waals surface area contributed by atoms with Crippen LogP contribution >= 0.6 is 47.2 Å². The van der Waals surface area contributed by atoms with E-state index in [0.29, 0.717) is 10.0 Å². The molecule has 0 amide bonds. The van der Waals surface area contributed by atoms with Crippen LogP contribution in [0.3, 0.4) is 0 Å². The van der Waals surface area contributed by atoms with Gasteiger partial charge in [-0.3, -0.25) is 0 Å². The van der Waals surface area contributed by atoms with Crippen LogP contribution in [0.4, 0.5) is 0 Å². The van der Waals surface area contributed by atoms with Crippen LogP contribution in [0.2, 0.25) is 10.0 Å². The van der Waals surface area contributed by atoms with Crippen LogP contribution in [0.5, 0.6) is 0 Å². The van der Waals surface area contributed by atoms with Crippen molar-refractivity contribution in [3.05, 3.63) is 26.9 Å². The summed E-state index contributed by atoms with van der Waals surface area (Å²) in [5.74, 6) is 0. The molecule has 0 saturated heterocycles. The first kappa shape index (κ1) is 16.2. The molecule has 1 aromatic heterocycles. The summed E-state index contributed by atoms with van der Waals surface area (Å²) in [6, 6.07) is 3.73. The van der Waals surface area contributed by atoms with Gasteiger partial charge in [-0.1, -0.05) is 37.0 Å². The highest BCUT2D eigenvalue weighted by molar-refractivity contribution is 8.00. The van der Waals surface area contributed by atoms with E-state index in [-0.39, 0.29) is 4.75 Å². The van der Waals surface area contributed by atoms with Crippen LogP contribution in [-0.2, 0) is 6.54 Å². The molecule has 0 aliphatic rings. The lowest BCUT2D eigenvalue weighted by atomic mass is 10.0. The molecule has 0 radical (unpaired) electrons. The Morgan fingerprint density at radius 3 is 2.40 bits per heavy atom. The SMILES string of the molecule is CCC(CC)(Cn1c(=S)[nH]c2cc(Cl)c(Cl)cc21)SC. The largest absolute Gasteiger partial charge is 0.331 e. The van der Waals surface area contributed by atoms with Gasteiger partial charge in [-0.15, -0.1) is 0 Å². The fourth-order valence-electron chi connectivity index (χ4n) is 2.42. The summed E-state index contributed by atoms with van der Waals surface area (Å²) in [4.78, 5) is 3.22. The number of aromatic nitrogens is 2. The minimum Gasteiger partial charge on any atom is -0.331 e. The topological polar surface area (TPSA) is 20.7 Å². The van der Waals surface area contributed by atoms with E-state index < -0.39 is 0 Å². The molecule has 110 valence electrons. The fourth-order valence-corrected chi connectivity index (χ4v) is 3.85. The van der Waals surface area contributed by atoms with Crippen LogP contribution in [-0.4, -0.2) is 20.6 Å². The predicted molar refractivity (Wildman–Crippen MR) is 94.0 cm³/mol. The number of nitrogens with zero attached hydrogens (tertiary/aromatic N) is 1. The number of H-pyrrole nitrogens is 1. The van der Waals surface area contributed by atoms with Crippen molar-refractivity contribution in [2.75, 3.05) is 6.26 Å². The van der Waals surface area contributed by atoms with E-state index in [1.165, 1.54) is 0 Å². The quantitative estimate of drug-likeness (QED) is 0.676. The summed E-state index contributed by atoms with van der Waals surface area (Å²) < 4.78 is 3.05. The molecule has 1 heterocycles. The number of aromatic amines is 1. The summed E-state index contributed by atoms with van der Waals surface area (Å²) in [6.45, 7) is 5.32. The maximum absolute atomic E-state index is 6.14. The Hall–Kier alpha value is -0.160. The summed E-state index contributed by atoms with van der Waals surface area (Å²) >= 11 is 19.6. The van der Waals surface area contributed by atoms with Crippen LogP contribution in [0, 0.1) is 4.77 Å². The fraction of sp³-hybridized carbons (Fsp3) is 0.500.